The number of hydrogen-bond acceptors (Lipinski definition) is 4. The number of aldehydes is 1. The van der Waals surface area contributed by atoms with E-state index in [4.69, 9.17) is 11.6 Å². The molecular formula is C22H20ClNO4S. The Hall–Kier alpha value is -2.67. The monoisotopic (exact) mass is 429 g/mol. The smallest absolute Gasteiger partial charge is 0.407 e. The third-order valence-corrected chi connectivity index (χ3v) is 5.84. The quantitative estimate of drug-likeness (QED) is 0.486. The van der Waals surface area contributed by atoms with Crippen molar-refractivity contribution in [2.24, 2.45) is 0 Å². The lowest BCUT2D eigenvalue weighted by Gasteiger charge is -2.23. The second kappa shape index (κ2) is 9.69. The van der Waals surface area contributed by atoms with Crippen LogP contribution in [0.3, 0.4) is 0 Å². The van der Waals surface area contributed by atoms with Gasteiger partial charge in [0, 0.05) is 16.4 Å². The first-order valence-corrected chi connectivity index (χ1v) is 10.2. The van der Waals surface area contributed by atoms with E-state index in [1.165, 1.54) is 16.2 Å². The lowest BCUT2D eigenvalue weighted by molar-refractivity contribution is 0.0973. The van der Waals surface area contributed by atoms with Crippen molar-refractivity contribution in [3.8, 4) is 10.4 Å². The minimum atomic E-state index is -1.08. The Bertz CT molecular complexity index is 986. The fourth-order valence-corrected chi connectivity index (χ4v) is 3.99. The molecule has 0 saturated heterocycles. The van der Waals surface area contributed by atoms with Crippen molar-refractivity contribution in [2.75, 3.05) is 13.1 Å². The van der Waals surface area contributed by atoms with Crippen LogP contribution in [-0.2, 0) is 6.42 Å². The van der Waals surface area contributed by atoms with Gasteiger partial charge in [-0.1, -0.05) is 48.0 Å². The van der Waals surface area contributed by atoms with Crippen LogP contribution in [0.5, 0.6) is 0 Å². The third kappa shape index (κ3) is 5.67. The number of carboxylic acid groups (broad SMARTS) is 1. The summed E-state index contributed by atoms with van der Waals surface area (Å²) in [5.74, 6) is 0. The summed E-state index contributed by atoms with van der Waals surface area (Å²) >= 11 is 7.37. The molecule has 7 heteroatoms. The van der Waals surface area contributed by atoms with Crippen molar-refractivity contribution in [1.82, 2.24) is 4.90 Å². The van der Waals surface area contributed by atoms with E-state index >= 15 is 0 Å². The van der Waals surface area contributed by atoms with Crippen LogP contribution < -0.4 is 0 Å². The van der Waals surface area contributed by atoms with Gasteiger partial charge in [-0.2, -0.15) is 0 Å². The van der Waals surface area contributed by atoms with Crippen molar-refractivity contribution >= 4 is 35.3 Å². The van der Waals surface area contributed by atoms with Crippen LogP contribution >= 0.6 is 22.9 Å². The number of benzene rings is 2. The van der Waals surface area contributed by atoms with Gasteiger partial charge in [-0.15, -0.1) is 11.3 Å². The average molecular weight is 430 g/mol. The van der Waals surface area contributed by atoms with Crippen LogP contribution in [0.4, 0.5) is 4.79 Å². The van der Waals surface area contributed by atoms with Gasteiger partial charge in [-0.3, -0.25) is 4.79 Å². The van der Waals surface area contributed by atoms with Gasteiger partial charge >= 0.3 is 6.09 Å². The fraction of sp³-hybridized carbons (Fsp3) is 0.182. The van der Waals surface area contributed by atoms with Crippen LogP contribution in [0.1, 0.15) is 26.9 Å². The van der Waals surface area contributed by atoms with E-state index in [9.17, 15) is 19.8 Å². The number of thiophene rings is 1. The van der Waals surface area contributed by atoms with Crippen LogP contribution in [-0.4, -0.2) is 40.6 Å². The molecule has 0 aliphatic carbocycles. The number of hydrogen-bond donors (Lipinski definition) is 2. The Kier molecular flexibility index (Phi) is 7.04. The van der Waals surface area contributed by atoms with Crippen molar-refractivity contribution < 1.29 is 19.8 Å². The number of amides is 1. The molecule has 1 atom stereocenters. The van der Waals surface area contributed by atoms with Crippen molar-refractivity contribution in [3.63, 3.8) is 0 Å². The zero-order valence-corrected chi connectivity index (χ0v) is 17.1. The van der Waals surface area contributed by atoms with Crippen molar-refractivity contribution in [2.45, 2.75) is 12.5 Å². The highest BCUT2D eigenvalue weighted by Gasteiger charge is 2.18. The number of nitrogens with zero attached hydrogens (tertiary/aromatic N) is 1. The molecule has 1 heterocycles. The Balaban J connectivity index is 1.61. The van der Waals surface area contributed by atoms with Crippen LogP contribution in [0.25, 0.3) is 10.4 Å². The second-order valence-corrected chi connectivity index (χ2v) is 8.12. The molecule has 1 aromatic heterocycles. The van der Waals surface area contributed by atoms with Gasteiger partial charge in [0.25, 0.3) is 0 Å². The number of carbonyl (C=O) groups is 2. The van der Waals surface area contributed by atoms with E-state index in [0.29, 0.717) is 21.9 Å². The number of aliphatic hydroxyl groups is 1. The van der Waals surface area contributed by atoms with E-state index < -0.39 is 12.2 Å². The number of aliphatic hydroxyl groups excluding tert-OH is 1. The highest BCUT2D eigenvalue weighted by atomic mass is 35.5. The van der Waals surface area contributed by atoms with E-state index in [1.807, 2.05) is 30.3 Å². The van der Waals surface area contributed by atoms with Crippen LogP contribution in [0.2, 0.25) is 5.02 Å². The maximum Gasteiger partial charge on any atom is 0.407 e. The fourth-order valence-electron chi connectivity index (χ4n) is 2.96. The summed E-state index contributed by atoms with van der Waals surface area (Å²) in [4.78, 5) is 25.3. The minimum Gasteiger partial charge on any atom is -0.465 e. The van der Waals surface area contributed by atoms with E-state index in [-0.39, 0.29) is 13.1 Å². The van der Waals surface area contributed by atoms with E-state index in [2.05, 4.69) is 0 Å². The lowest BCUT2D eigenvalue weighted by atomic mass is 10.1. The maximum absolute atomic E-state index is 11.6. The summed E-state index contributed by atoms with van der Waals surface area (Å²) in [5.41, 5.74) is 2.58. The highest BCUT2D eigenvalue weighted by Crippen LogP contribution is 2.27. The van der Waals surface area contributed by atoms with Crippen molar-refractivity contribution in [1.29, 1.82) is 0 Å². The van der Waals surface area contributed by atoms with Gasteiger partial charge in [0.15, 0.2) is 6.29 Å². The standard InChI is InChI=1S/C22H20ClNO4S/c23-18-3-1-2-17(12-18)20(26)13-24(22(27)28)11-10-15-4-6-16(7-5-15)21-9-8-19(14-25)29-21/h1-9,12,14,20,26H,10-11,13H2,(H,27,28)/t20-/m0/s1. The Morgan fingerprint density at radius 2 is 1.90 bits per heavy atom. The molecule has 5 nitrogen and oxygen atoms in total. The number of rotatable bonds is 8. The van der Waals surface area contributed by atoms with E-state index in [0.717, 1.165) is 22.3 Å². The summed E-state index contributed by atoms with van der Waals surface area (Å²) in [5, 5.41) is 20.3. The van der Waals surface area contributed by atoms with Gasteiger partial charge in [0.05, 0.1) is 17.5 Å². The predicted octanol–water partition coefficient (Wildman–Crippen LogP) is 5.14. The summed E-state index contributed by atoms with van der Waals surface area (Å²) < 4.78 is 0. The molecule has 29 heavy (non-hydrogen) atoms. The normalized spacial score (nSPS) is 11.8. The van der Waals surface area contributed by atoms with Crippen molar-refractivity contribution in [3.05, 3.63) is 81.7 Å². The first-order chi connectivity index (χ1) is 14.0. The van der Waals surface area contributed by atoms with E-state index in [1.54, 1.807) is 30.3 Å². The van der Waals surface area contributed by atoms with Gasteiger partial charge in [-0.25, -0.2) is 4.79 Å². The SMILES string of the molecule is O=Cc1ccc(-c2ccc(CCN(C[C@H](O)c3cccc(Cl)c3)C(=O)O)cc2)s1. The molecule has 2 aromatic carbocycles. The summed E-state index contributed by atoms with van der Waals surface area (Å²) in [6, 6.07) is 18.3. The topological polar surface area (TPSA) is 77.8 Å². The van der Waals surface area contributed by atoms with Gasteiger partial charge < -0.3 is 15.1 Å². The van der Waals surface area contributed by atoms with Gasteiger partial charge in [0.1, 0.15) is 0 Å². The number of halogens is 1. The van der Waals surface area contributed by atoms with Crippen LogP contribution in [0, 0.1) is 0 Å². The summed E-state index contributed by atoms with van der Waals surface area (Å²) in [7, 11) is 0. The second-order valence-electron chi connectivity index (χ2n) is 6.57. The lowest BCUT2D eigenvalue weighted by Crippen LogP contribution is -2.35. The van der Waals surface area contributed by atoms with Gasteiger partial charge in [-0.05, 0) is 47.4 Å². The zero-order chi connectivity index (χ0) is 20.8. The first kappa shape index (κ1) is 21.0. The predicted molar refractivity (Wildman–Crippen MR) is 115 cm³/mol. The maximum atomic E-state index is 11.6. The minimum absolute atomic E-state index is 0.0303. The molecule has 150 valence electrons. The van der Waals surface area contributed by atoms with Crippen LogP contribution in [0.15, 0.2) is 60.7 Å². The number of carbonyl (C=O) groups excluding carboxylic acids is 1. The molecule has 0 aliphatic heterocycles. The Morgan fingerprint density at radius 3 is 2.52 bits per heavy atom. The third-order valence-electron chi connectivity index (χ3n) is 4.55. The molecule has 1 amide bonds. The average Bonchev–Trinajstić information content (AvgIpc) is 3.20. The summed E-state index contributed by atoms with van der Waals surface area (Å²) in [6.07, 6.45) is -0.666. The molecular weight excluding hydrogens is 410 g/mol. The zero-order valence-electron chi connectivity index (χ0n) is 15.5. The molecule has 2 N–H and O–H groups in total. The Morgan fingerprint density at radius 1 is 1.14 bits per heavy atom. The molecule has 0 fully saturated rings. The molecule has 0 saturated carbocycles. The Labute approximate surface area is 177 Å². The molecule has 0 aliphatic rings. The molecule has 0 spiro atoms. The molecule has 0 radical (unpaired) electrons. The van der Waals surface area contributed by atoms with Gasteiger partial charge in [0.2, 0.25) is 0 Å². The molecule has 0 unspecified atom stereocenters. The highest BCUT2D eigenvalue weighted by molar-refractivity contribution is 7.17. The first-order valence-electron chi connectivity index (χ1n) is 9.02. The molecule has 3 aromatic rings. The molecule has 0 bridgehead atoms. The summed E-state index contributed by atoms with van der Waals surface area (Å²) in [6.45, 7) is 0.234. The molecule has 3 rings (SSSR count). The largest absolute Gasteiger partial charge is 0.465 e.